The van der Waals surface area contributed by atoms with Crippen LogP contribution in [-0.2, 0) is 11.2 Å². The summed E-state index contributed by atoms with van der Waals surface area (Å²) in [6.07, 6.45) is 4.93. The molecule has 2 aromatic carbocycles. The van der Waals surface area contributed by atoms with Gasteiger partial charge in [0.25, 0.3) is 5.91 Å². The SMILES string of the molecule is CCc1c2nc(nc1-c1c(C)cccc1C)NSc1cccc(c1)C(=O)N(C1CC3(CCN(C(=O)OC(C)(C)C)CC3)C1)[C@H](CC(C)C)CO2. The van der Waals surface area contributed by atoms with E-state index in [4.69, 9.17) is 19.4 Å². The summed E-state index contributed by atoms with van der Waals surface area (Å²) in [5.74, 6) is 1.43. The van der Waals surface area contributed by atoms with Crippen molar-refractivity contribution in [2.45, 2.75) is 116 Å². The maximum atomic E-state index is 14.7. The number of rotatable bonds is 5. The van der Waals surface area contributed by atoms with E-state index in [0.717, 1.165) is 64.9 Å². The van der Waals surface area contributed by atoms with Crippen LogP contribution >= 0.6 is 11.9 Å². The lowest BCUT2D eigenvalue weighted by atomic mass is 9.59. The van der Waals surface area contributed by atoms with Gasteiger partial charge in [-0.25, -0.2) is 9.78 Å². The molecule has 9 nitrogen and oxygen atoms in total. The number of likely N-dealkylation sites (tertiary alicyclic amines) is 1. The first-order valence-corrected chi connectivity index (χ1v) is 19.0. The van der Waals surface area contributed by atoms with Crippen molar-refractivity contribution >= 4 is 29.9 Å². The molecular weight excluding hydrogens is 647 g/mol. The zero-order valence-electron chi connectivity index (χ0n) is 31.0. The summed E-state index contributed by atoms with van der Waals surface area (Å²) < 4.78 is 15.8. The van der Waals surface area contributed by atoms with Crippen molar-refractivity contribution in [3.63, 3.8) is 0 Å². The van der Waals surface area contributed by atoms with E-state index in [9.17, 15) is 9.59 Å². The van der Waals surface area contributed by atoms with E-state index in [1.165, 1.54) is 11.9 Å². The zero-order chi connectivity index (χ0) is 35.8. The molecule has 3 aliphatic rings. The van der Waals surface area contributed by atoms with Crippen LogP contribution < -0.4 is 9.46 Å². The van der Waals surface area contributed by atoms with Crippen molar-refractivity contribution in [3.05, 3.63) is 64.7 Å². The third-order valence-electron chi connectivity index (χ3n) is 10.4. The summed E-state index contributed by atoms with van der Waals surface area (Å²) in [5.41, 5.74) is 5.53. The normalized spacial score (nSPS) is 19.5. The van der Waals surface area contributed by atoms with Crippen molar-refractivity contribution < 1.29 is 19.1 Å². The number of carbonyl (C=O) groups is 2. The molecule has 1 aromatic heterocycles. The number of anilines is 1. The minimum Gasteiger partial charge on any atom is -0.475 e. The van der Waals surface area contributed by atoms with Gasteiger partial charge in [0.1, 0.15) is 12.2 Å². The molecule has 1 saturated carbocycles. The standard InChI is InChI=1S/C40H53N5O4S/c1-9-32-34(33-26(4)12-10-13-27(33)5)41-37-42-35(32)48-24-29(20-25(2)3)45(36(46)28-14-11-15-31(21-28)50-43-37)30-22-40(23-30)16-18-44(19-17-40)38(47)49-39(6,7)8/h10-15,21,25,29-30H,9,16-20,22-24H2,1-8H3,(H,41,42,43)/t29-/m1/s1. The van der Waals surface area contributed by atoms with E-state index < -0.39 is 5.60 Å². The van der Waals surface area contributed by atoms with Crippen LogP contribution in [0.4, 0.5) is 10.7 Å². The number of hydrogen-bond acceptors (Lipinski definition) is 8. The first-order chi connectivity index (χ1) is 23.8. The molecule has 1 aliphatic carbocycles. The Morgan fingerprint density at radius 3 is 2.40 bits per heavy atom. The predicted octanol–water partition coefficient (Wildman–Crippen LogP) is 8.87. The van der Waals surface area contributed by atoms with E-state index >= 15 is 0 Å². The maximum absolute atomic E-state index is 14.7. The van der Waals surface area contributed by atoms with Crippen molar-refractivity contribution in [2.75, 3.05) is 24.4 Å². The van der Waals surface area contributed by atoms with Gasteiger partial charge in [-0.2, -0.15) is 4.98 Å². The number of fused-ring (bicyclic) bond motifs is 4. The Kier molecular flexibility index (Phi) is 10.4. The Hall–Kier alpha value is -3.79. The number of aryl methyl sites for hydroxylation is 2. The van der Waals surface area contributed by atoms with Gasteiger partial charge >= 0.3 is 6.09 Å². The molecule has 50 heavy (non-hydrogen) atoms. The van der Waals surface area contributed by atoms with Crippen LogP contribution in [0.25, 0.3) is 11.3 Å². The molecule has 4 bridgehead atoms. The third-order valence-corrected chi connectivity index (χ3v) is 11.1. The molecule has 6 rings (SSSR count). The highest BCUT2D eigenvalue weighted by molar-refractivity contribution is 8.00. The smallest absolute Gasteiger partial charge is 0.410 e. The van der Waals surface area contributed by atoms with Crippen molar-refractivity contribution in [1.82, 2.24) is 19.8 Å². The Morgan fingerprint density at radius 1 is 1.08 bits per heavy atom. The van der Waals surface area contributed by atoms with E-state index in [-0.39, 0.29) is 29.5 Å². The van der Waals surface area contributed by atoms with E-state index in [1.807, 2.05) is 49.9 Å². The second-order valence-corrected chi connectivity index (χ2v) is 16.7. The number of carbonyl (C=O) groups excluding carboxylic acids is 2. The summed E-state index contributed by atoms with van der Waals surface area (Å²) >= 11 is 1.40. The fourth-order valence-electron chi connectivity index (χ4n) is 7.93. The number of hydrogen-bond donors (Lipinski definition) is 1. The molecule has 3 aromatic rings. The van der Waals surface area contributed by atoms with Gasteiger partial charge < -0.3 is 19.3 Å². The average Bonchev–Trinajstić information content (AvgIpc) is 3.04. The quantitative estimate of drug-likeness (QED) is 0.264. The lowest BCUT2D eigenvalue weighted by Crippen LogP contribution is -2.60. The topological polar surface area (TPSA) is 96.9 Å². The van der Waals surface area contributed by atoms with Crippen LogP contribution in [-0.4, -0.2) is 69.1 Å². The third kappa shape index (κ3) is 7.75. The van der Waals surface area contributed by atoms with Crippen molar-refractivity contribution in [3.8, 4) is 17.1 Å². The summed E-state index contributed by atoms with van der Waals surface area (Å²) in [6.45, 7) is 18.2. The monoisotopic (exact) mass is 699 g/mol. The first-order valence-electron chi connectivity index (χ1n) is 18.2. The highest BCUT2D eigenvalue weighted by Gasteiger charge is 2.51. The Labute approximate surface area is 302 Å². The molecule has 1 atom stereocenters. The minimum absolute atomic E-state index is 0.0386. The van der Waals surface area contributed by atoms with Crippen molar-refractivity contribution in [1.29, 1.82) is 0 Å². The average molecular weight is 700 g/mol. The highest BCUT2D eigenvalue weighted by atomic mass is 32.2. The maximum Gasteiger partial charge on any atom is 0.410 e. The van der Waals surface area contributed by atoms with E-state index in [2.05, 4.69) is 62.4 Å². The summed E-state index contributed by atoms with van der Waals surface area (Å²) in [4.78, 5) is 42.3. The van der Waals surface area contributed by atoms with Gasteiger partial charge in [-0.05, 0) is 126 Å². The molecule has 2 fully saturated rings. The van der Waals surface area contributed by atoms with Crippen LogP contribution in [0.2, 0.25) is 0 Å². The highest BCUT2D eigenvalue weighted by Crippen LogP contribution is 2.52. The van der Waals surface area contributed by atoms with E-state index in [0.29, 0.717) is 49.4 Å². The van der Waals surface area contributed by atoms with Crippen LogP contribution in [0, 0.1) is 25.2 Å². The Morgan fingerprint density at radius 2 is 1.76 bits per heavy atom. The molecule has 1 spiro atoms. The van der Waals surface area contributed by atoms with Gasteiger partial charge in [0.05, 0.1) is 11.7 Å². The van der Waals surface area contributed by atoms with Gasteiger partial charge in [-0.1, -0.05) is 45.0 Å². The number of benzene rings is 2. The minimum atomic E-state index is -0.514. The second-order valence-electron chi connectivity index (χ2n) is 15.9. The Bertz CT molecular complexity index is 1700. The first kappa shape index (κ1) is 36.0. The fourth-order valence-corrected chi connectivity index (χ4v) is 8.57. The van der Waals surface area contributed by atoms with Crippen LogP contribution in [0.3, 0.4) is 0 Å². The zero-order valence-corrected chi connectivity index (χ0v) is 31.8. The largest absolute Gasteiger partial charge is 0.475 e. The molecular formula is C40H53N5O4S. The van der Waals surface area contributed by atoms with Crippen molar-refractivity contribution in [2.24, 2.45) is 11.3 Å². The number of aromatic nitrogens is 2. The number of nitrogens with one attached hydrogen (secondary N) is 1. The van der Waals surface area contributed by atoms with E-state index in [1.54, 1.807) is 0 Å². The van der Waals surface area contributed by atoms with Gasteiger partial charge in [0.2, 0.25) is 11.8 Å². The number of amides is 2. The summed E-state index contributed by atoms with van der Waals surface area (Å²) in [7, 11) is 0. The summed E-state index contributed by atoms with van der Waals surface area (Å²) in [6, 6.07) is 14.1. The van der Waals surface area contributed by atoms with Crippen LogP contribution in [0.1, 0.15) is 101 Å². The Balaban J connectivity index is 1.33. The van der Waals surface area contributed by atoms with Gasteiger partial charge in [-0.3, -0.25) is 9.52 Å². The van der Waals surface area contributed by atoms with Gasteiger partial charge in [-0.15, -0.1) is 0 Å². The molecule has 2 amide bonds. The molecule has 10 heteroatoms. The predicted molar refractivity (Wildman–Crippen MR) is 200 cm³/mol. The number of ether oxygens (including phenoxy) is 2. The van der Waals surface area contributed by atoms with Crippen LogP contribution in [0.15, 0.2) is 47.4 Å². The van der Waals surface area contributed by atoms with Crippen LogP contribution in [0.5, 0.6) is 5.88 Å². The molecule has 0 unspecified atom stereocenters. The van der Waals surface area contributed by atoms with Gasteiger partial charge in [0.15, 0.2) is 0 Å². The molecule has 1 saturated heterocycles. The fraction of sp³-hybridized carbons (Fsp3) is 0.550. The second kappa shape index (κ2) is 14.4. The molecule has 1 N–H and O–H groups in total. The molecule has 0 radical (unpaired) electrons. The summed E-state index contributed by atoms with van der Waals surface area (Å²) in [5, 5.41) is 0. The lowest BCUT2D eigenvalue weighted by Gasteiger charge is -2.56. The lowest BCUT2D eigenvalue weighted by molar-refractivity contribution is -0.0555. The number of nitrogens with zero attached hydrogens (tertiary/aromatic N) is 4. The molecule has 3 heterocycles. The number of piperidine rings is 1. The van der Waals surface area contributed by atoms with Gasteiger partial charge in [0, 0.05) is 40.7 Å². The molecule has 2 aliphatic heterocycles. The molecule has 268 valence electrons.